The molecule has 0 spiro atoms. The summed E-state index contributed by atoms with van der Waals surface area (Å²) in [6.45, 7) is 0. The zero-order valence-electron chi connectivity index (χ0n) is 16.1. The Labute approximate surface area is 176 Å². The molecule has 1 fully saturated rings. The van der Waals surface area contributed by atoms with E-state index in [1.165, 1.54) is 29.4 Å². The summed E-state index contributed by atoms with van der Waals surface area (Å²) in [5, 5.41) is 20.7. The number of fused-ring (bicyclic) bond motifs is 1. The summed E-state index contributed by atoms with van der Waals surface area (Å²) in [7, 11) is 0. The minimum atomic E-state index is -0.936. The lowest BCUT2D eigenvalue weighted by Crippen LogP contribution is -2.30. The Hall–Kier alpha value is -4.46. The molecule has 0 bridgehead atoms. The van der Waals surface area contributed by atoms with Crippen LogP contribution in [0.2, 0.25) is 0 Å². The number of pyridine rings is 1. The number of rotatable bonds is 3. The van der Waals surface area contributed by atoms with E-state index in [1.54, 1.807) is 30.3 Å². The van der Waals surface area contributed by atoms with Crippen LogP contribution in [0.3, 0.4) is 0 Å². The van der Waals surface area contributed by atoms with Crippen molar-refractivity contribution in [2.24, 2.45) is 0 Å². The first kappa shape index (κ1) is 18.6. The average molecular weight is 412 g/mol. The molecule has 1 amide bonds. The molecule has 1 aliphatic heterocycles. The number of H-pyrrole nitrogens is 1. The van der Waals surface area contributed by atoms with E-state index in [0.29, 0.717) is 22.2 Å². The fourth-order valence-electron chi connectivity index (χ4n) is 3.74. The number of amides is 1. The van der Waals surface area contributed by atoms with Gasteiger partial charge in [0.1, 0.15) is 11.5 Å². The number of carbonyl (C=O) groups excluding carboxylic acids is 2. The molecule has 4 aromatic rings. The Kier molecular flexibility index (Phi) is 4.25. The maximum absolute atomic E-state index is 13.1. The molecule has 2 aromatic heterocycles. The number of Topliss-reactive ketones (excluding diaryl/α,β-unsaturated/α-hetero) is 1. The van der Waals surface area contributed by atoms with Crippen LogP contribution in [-0.2, 0) is 9.59 Å². The third kappa shape index (κ3) is 3.01. The van der Waals surface area contributed by atoms with Gasteiger partial charge in [-0.05, 0) is 42.0 Å². The molecule has 1 saturated heterocycles. The van der Waals surface area contributed by atoms with E-state index >= 15 is 0 Å². The van der Waals surface area contributed by atoms with Crippen molar-refractivity contribution >= 4 is 34.4 Å². The number of anilines is 1. The topological polar surface area (TPSA) is 119 Å². The van der Waals surface area contributed by atoms with Crippen molar-refractivity contribution in [3.05, 3.63) is 89.8 Å². The van der Waals surface area contributed by atoms with Crippen molar-refractivity contribution in [3.8, 4) is 5.75 Å². The molecular weight excluding hydrogens is 396 g/mol. The van der Waals surface area contributed by atoms with Gasteiger partial charge in [-0.15, -0.1) is 0 Å². The smallest absolute Gasteiger partial charge is 0.302 e. The lowest BCUT2D eigenvalue weighted by Gasteiger charge is -2.23. The van der Waals surface area contributed by atoms with E-state index in [0.717, 1.165) is 0 Å². The van der Waals surface area contributed by atoms with Crippen LogP contribution < -0.4 is 4.90 Å². The Balaban J connectivity index is 1.74. The van der Waals surface area contributed by atoms with Gasteiger partial charge in [-0.1, -0.05) is 24.3 Å². The number of ketones is 1. The van der Waals surface area contributed by atoms with E-state index < -0.39 is 17.7 Å². The number of phenols is 1. The molecular formula is C23H16N4O4. The number of aromatic hydroxyl groups is 1. The van der Waals surface area contributed by atoms with E-state index in [2.05, 4.69) is 15.0 Å². The van der Waals surface area contributed by atoms with Gasteiger partial charge in [-0.25, -0.2) is 4.98 Å². The quantitative estimate of drug-likeness (QED) is 0.270. The number of phenolic OH excluding ortho intramolecular Hbond substituents is 1. The van der Waals surface area contributed by atoms with Crippen molar-refractivity contribution in [3.63, 3.8) is 0 Å². The van der Waals surface area contributed by atoms with Crippen LogP contribution in [0.15, 0.2) is 78.6 Å². The van der Waals surface area contributed by atoms with E-state index in [-0.39, 0.29) is 23.0 Å². The van der Waals surface area contributed by atoms with Gasteiger partial charge >= 0.3 is 5.91 Å². The number of aromatic amines is 1. The Morgan fingerprint density at radius 2 is 1.68 bits per heavy atom. The zero-order chi connectivity index (χ0) is 21.5. The number of hydrogen-bond donors (Lipinski definition) is 3. The minimum Gasteiger partial charge on any atom is -0.508 e. The molecule has 0 radical (unpaired) electrons. The van der Waals surface area contributed by atoms with Crippen molar-refractivity contribution < 1.29 is 19.8 Å². The number of para-hydroxylation sites is 2. The molecule has 0 aliphatic carbocycles. The van der Waals surface area contributed by atoms with Gasteiger partial charge in [0.25, 0.3) is 5.78 Å². The van der Waals surface area contributed by atoms with Crippen molar-refractivity contribution in [2.45, 2.75) is 6.04 Å². The van der Waals surface area contributed by atoms with Crippen LogP contribution in [0.4, 0.5) is 5.95 Å². The fraction of sp³-hybridized carbons (Fsp3) is 0.0435. The number of nitrogens with zero attached hydrogens (tertiary/aromatic N) is 3. The zero-order valence-corrected chi connectivity index (χ0v) is 16.1. The summed E-state index contributed by atoms with van der Waals surface area (Å²) in [6.07, 6.45) is 2.97. The molecule has 3 heterocycles. The number of imidazole rings is 1. The molecule has 152 valence electrons. The average Bonchev–Trinajstić information content (AvgIpc) is 3.33. The molecule has 1 atom stereocenters. The monoisotopic (exact) mass is 412 g/mol. The largest absolute Gasteiger partial charge is 0.508 e. The SMILES string of the molecule is O=C1C(=O)N(c2nc3ccccc3[nH]2)C(c2ccc(O)cc2)/C1=C(\O)c1ccncc1. The summed E-state index contributed by atoms with van der Waals surface area (Å²) >= 11 is 0. The van der Waals surface area contributed by atoms with Crippen molar-refractivity contribution in [2.75, 3.05) is 4.90 Å². The Morgan fingerprint density at radius 1 is 0.968 bits per heavy atom. The summed E-state index contributed by atoms with van der Waals surface area (Å²) < 4.78 is 0. The molecule has 31 heavy (non-hydrogen) atoms. The first-order valence-electron chi connectivity index (χ1n) is 9.49. The van der Waals surface area contributed by atoms with Crippen molar-refractivity contribution in [1.82, 2.24) is 15.0 Å². The third-order valence-corrected chi connectivity index (χ3v) is 5.21. The van der Waals surface area contributed by atoms with E-state index in [9.17, 15) is 19.8 Å². The summed E-state index contributed by atoms with van der Waals surface area (Å²) in [6, 6.07) is 15.5. The van der Waals surface area contributed by atoms with Gasteiger partial charge in [0.05, 0.1) is 22.6 Å². The number of aliphatic hydroxyl groups is 1. The van der Waals surface area contributed by atoms with Crippen LogP contribution in [0.5, 0.6) is 5.75 Å². The van der Waals surface area contributed by atoms with Gasteiger partial charge in [0.2, 0.25) is 5.95 Å². The minimum absolute atomic E-state index is 0.0403. The predicted octanol–water partition coefficient (Wildman–Crippen LogP) is 3.29. The number of aromatic nitrogens is 3. The predicted molar refractivity (Wildman–Crippen MR) is 113 cm³/mol. The normalized spacial score (nSPS) is 18.1. The maximum Gasteiger partial charge on any atom is 0.302 e. The van der Waals surface area contributed by atoms with Crippen LogP contribution in [0, 0.1) is 0 Å². The van der Waals surface area contributed by atoms with Crippen molar-refractivity contribution in [1.29, 1.82) is 0 Å². The molecule has 1 unspecified atom stereocenters. The first-order chi connectivity index (χ1) is 15.0. The van der Waals surface area contributed by atoms with E-state index in [4.69, 9.17) is 0 Å². The fourth-order valence-corrected chi connectivity index (χ4v) is 3.74. The Bertz CT molecular complexity index is 1310. The number of carbonyl (C=O) groups is 2. The molecule has 0 saturated carbocycles. The number of aliphatic hydroxyl groups excluding tert-OH is 1. The maximum atomic E-state index is 13.1. The standard InChI is InChI=1S/C23H16N4O4/c28-15-7-5-13(6-8-15)19-18(20(29)14-9-11-24-12-10-14)21(30)22(31)27(19)23-25-16-3-1-2-4-17(16)26-23/h1-12,19,28-29H,(H,25,26)/b20-18+. The van der Waals surface area contributed by atoms with Crippen LogP contribution >= 0.6 is 0 Å². The second-order valence-electron chi connectivity index (χ2n) is 7.07. The summed E-state index contributed by atoms with van der Waals surface area (Å²) in [4.78, 5) is 38.9. The van der Waals surface area contributed by atoms with Gasteiger partial charge < -0.3 is 15.2 Å². The number of hydrogen-bond acceptors (Lipinski definition) is 6. The van der Waals surface area contributed by atoms with Gasteiger partial charge in [0.15, 0.2) is 0 Å². The summed E-state index contributed by atoms with van der Waals surface area (Å²) in [5.41, 5.74) is 2.17. The van der Waals surface area contributed by atoms with Crippen LogP contribution in [0.1, 0.15) is 17.2 Å². The lowest BCUT2D eigenvalue weighted by molar-refractivity contribution is -0.132. The highest BCUT2D eigenvalue weighted by Gasteiger charge is 2.48. The third-order valence-electron chi connectivity index (χ3n) is 5.21. The highest BCUT2D eigenvalue weighted by molar-refractivity contribution is 6.51. The Morgan fingerprint density at radius 3 is 2.39 bits per heavy atom. The first-order valence-corrected chi connectivity index (χ1v) is 9.49. The van der Waals surface area contributed by atoms with Crippen LogP contribution in [-0.4, -0.2) is 36.9 Å². The second-order valence-corrected chi connectivity index (χ2v) is 7.07. The van der Waals surface area contributed by atoms with Gasteiger partial charge in [-0.3, -0.25) is 19.5 Å². The molecule has 3 N–H and O–H groups in total. The lowest BCUT2D eigenvalue weighted by atomic mass is 9.95. The number of nitrogens with one attached hydrogen (secondary N) is 1. The summed E-state index contributed by atoms with van der Waals surface area (Å²) in [5.74, 6) is -1.72. The molecule has 1 aliphatic rings. The highest BCUT2D eigenvalue weighted by atomic mass is 16.3. The number of benzene rings is 2. The molecule has 8 nitrogen and oxygen atoms in total. The molecule has 5 rings (SSSR count). The van der Waals surface area contributed by atoms with Gasteiger partial charge in [-0.2, -0.15) is 0 Å². The second kappa shape index (κ2) is 7.10. The van der Waals surface area contributed by atoms with E-state index in [1.807, 2.05) is 18.2 Å². The molecule has 8 heteroatoms. The highest BCUT2D eigenvalue weighted by Crippen LogP contribution is 2.41. The molecule has 2 aromatic carbocycles. The van der Waals surface area contributed by atoms with Gasteiger partial charge in [0, 0.05) is 18.0 Å². The van der Waals surface area contributed by atoms with Crippen LogP contribution in [0.25, 0.3) is 16.8 Å².